The molecule has 414 valence electrons. The third-order valence-corrected chi connectivity index (χ3v) is 16.8. The lowest BCUT2D eigenvalue weighted by Gasteiger charge is -2.19. The molecule has 0 spiro atoms. The molecule has 0 aliphatic rings. The highest BCUT2D eigenvalue weighted by molar-refractivity contribution is 6.14. The molecule has 0 N–H and O–H groups in total. The van der Waals surface area contributed by atoms with Gasteiger partial charge in [0.1, 0.15) is 6.07 Å². The molecule has 3 heterocycles. The quantitative estimate of drug-likeness (QED) is 0.130. The van der Waals surface area contributed by atoms with Gasteiger partial charge in [-0.3, -0.25) is 0 Å². The Morgan fingerprint density at radius 2 is 0.589 bits per heavy atom. The van der Waals surface area contributed by atoms with E-state index in [4.69, 9.17) is 15.0 Å². The van der Waals surface area contributed by atoms with Crippen molar-refractivity contribution in [3.05, 3.63) is 295 Å². The van der Waals surface area contributed by atoms with E-state index in [1.165, 1.54) is 0 Å². The number of fused-ring (bicyclic) bond motifs is 6. The first-order valence-electron chi connectivity index (χ1n) is 29.1. The minimum atomic E-state index is 0.429. The number of aromatic nitrogens is 5. The average Bonchev–Trinajstić information content (AvgIpc) is 1.67. The van der Waals surface area contributed by atoms with Gasteiger partial charge in [0.2, 0.25) is 0 Å². The highest BCUT2D eigenvalue weighted by atomic mass is 15.1. The minimum absolute atomic E-state index is 0.429. The van der Waals surface area contributed by atoms with Crippen LogP contribution in [0.2, 0.25) is 0 Å². The first-order valence-corrected chi connectivity index (χ1v) is 29.1. The maximum Gasteiger partial charge on any atom is 0.166 e. The van der Waals surface area contributed by atoms with Crippen LogP contribution in [-0.4, -0.2) is 24.1 Å². The fourth-order valence-corrected chi connectivity index (χ4v) is 12.3. The van der Waals surface area contributed by atoms with Gasteiger partial charge in [-0.15, -0.1) is 0 Å². The molecule has 90 heavy (non-hydrogen) atoms. The maximum atomic E-state index is 11.4. The second kappa shape index (κ2) is 22.3. The number of rotatable bonds is 10. The van der Waals surface area contributed by atoms with Crippen LogP contribution < -0.4 is 0 Å². The summed E-state index contributed by atoms with van der Waals surface area (Å²) < 4.78 is 4.48. The Labute approximate surface area is 517 Å². The summed E-state index contributed by atoms with van der Waals surface area (Å²) in [6.45, 7) is 0. The molecule has 0 radical (unpaired) electrons. The number of nitrogens with zero attached hydrogens (tertiary/aromatic N) is 10. The van der Waals surface area contributed by atoms with Crippen LogP contribution in [0, 0.1) is 56.7 Å². The van der Waals surface area contributed by atoms with Crippen molar-refractivity contribution in [3.8, 4) is 132 Å². The monoisotopic (exact) mass is 1140 g/mol. The highest BCUT2D eigenvalue weighted by Crippen LogP contribution is 2.45. The molecule has 15 rings (SSSR count). The molecule has 3 aromatic heterocycles. The smallest absolute Gasteiger partial charge is 0.166 e. The average molecular weight is 1150 g/mol. The summed E-state index contributed by atoms with van der Waals surface area (Å²) in [5.74, 6) is 1.42. The topological polar surface area (TPSA) is 167 Å². The van der Waals surface area contributed by atoms with Crippen molar-refractivity contribution in [3.63, 3.8) is 0 Å². The van der Waals surface area contributed by atoms with Crippen molar-refractivity contribution in [1.82, 2.24) is 24.1 Å². The van der Waals surface area contributed by atoms with Gasteiger partial charge in [0.05, 0.1) is 85.5 Å². The molecule has 0 bridgehead atoms. The summed E-state index contributed by atoms with van der Waals surface area (Å²) in [5.41, 5.74) is 19.5. The van der Waals surface area contributed by atoms with Crippen molar-refractivity contribution in [1.29, 1.82) is 26.3 Å². The Morgan fingerprint density at radius 3 is 0.956 bits per heavy atom. The lowest BCUT2D eigenvalue weighted by Crippen LogP contribution is -2.05. The molecule has 10 nitrogen and oxygen atoms in total. The van der Waals surface area contributed by atoms with Crippen LogP contribution in [0.4, 0.5) is 0 Å². The summed E-state index contributed by atoms with van der Waals surface area (Å²) in [4.78, 5) is 15.9. The Bertz CT molecular complexity index is 5330. The minimum Gasteiger partial charge on any atom is -0.308 e. The van der Waals surface area contributed by atoms with Crippen LogP contribution >= 0.6 is 0 Å². The van der Waals surface area contributed by atoms with Crippen molar-refractivity contribution < 1.29 is 0 Å². The number of hydrogen-bond donors (Lipinski definition) is 0. The van der Waals surface area contributed by atoms with E-state index >= 15 is 0 Å². The molecular formula is C80H44N10. The van der Waals surface area contributed by atoms with Crippen LogP contribution in [0.25, 0.3) is 145 Å². The molecule has 0 amide bonds. The molecule has 0 saturated carbocycles. The van der Waals surface area contributed by atoms with E-state index in [9.17, 15) is 26.3 Å². The van der Waals surface area contributed by atoms with Crippen LogP contribution in [-0.2, 0) is 0 Å². The second-order valence-corrected chi connectivity index (χ2v) is 21.9. The third kappa shape index (κ3) is 9.41. The zero-order chi connectivity index (χ0) is 60.8. The number of nitriles is 5. The largest absolute Gasteiger partial charge is 0.308 e. The van der Waals surface area contributed by atoms with Gasteiger partial charge in [-0.25, -0.2) is 15.0 Å². The first-order chi connectivity index (χ1) is 44.3. The molecule has 0 atom stereocenters. The zero-order valence-electron chi connectivity index (χ0n) is 47.9. The summed E-state index contributed by atoms with van der Waals surface area (Å²) in [6, 6.07) is 99.8. The van der Waals surface area contributed by atoms with E-state index in [-0.39, 0.29) is 0 Å². The van der Waals surface area contributed by atoms with E-state index in [0.717, 1.165) is 116 Å². The summed E-state index contributed by atoms with van der Waals surface area (Å²) in [6.07, 6.45) is 0. The van der Waals surface area contributed by atoms with Gasteiger partial charge in [-0.1, -0.05) is 152 Å². The van der Waals surface area contributed by atoms with Crippen LogP contribution in [0.3, 0.4) is 0 Å². The van der Waals surface area contributed by atoms with E-state index in [2.05, 4.69) is 137 Å². The van der Waals surface area contributed by atoms with E-state index in [0.29, 0.717) is 56.5 Å². The highest BCUT2D eigenvalue weighted by Gasteiger charge is 2.25. The molecule has 0 aliphatic carbocycles. The van der Waals surface area contributed by atoms with Gasteiger partial charge in [0.25, 0.3) is 0 Å². The zero-order valence-corrected chi connectivity index (χ0v) is 47.9. The normalized spacial score (nSPS) is 11.1. The van der Waals surface area contributed by atoms with Gasteiger partial charge in [0.15, 0.2) is 17.5 Å². The van der Waals surface area contributed by atoms with E-state index in [1.807, 2.05) is 170 Å². The molecule has 0 fully saturated rings. The molecular weight excluding hydrogens is 1100 g/mol. The molecule has 0 saturated heterocycles. The van der Waals surface area contributed by atoms with Crippen molar-refractivity contribution in [2.45, 2.75) is 0 Å². The Balaban J connectivity index is 1.00. The summed E-state index contributed by atoms with van der Waals surface area (Å²) in [5, 5.41) is 54.0. The van der Waals surface area contributed by atoms with Gasteiger partial charge in [0, 0.05) is 43.8 Å². The van der Waals surface area contributed by atoms with Crippen molar-refractivity contribution in [2.24, 2.45) is 0 Å². The van der Waals surface area contributed by atoms with E-state index in [1.54, 1.807) is 0 Å². The number of benzene rings is 12. The number of hydrogen-bond acceptors (Lipinski definition) is 8. The maximum absolute atomic E-state index is 11.4. The molecule has 12 aromatic carbocycles. The van der Waals surface area contributed by atoms with Gasteiger partial charge >= 0.3 is 0 Å². The molecule has 15 aromatic rings. The Hall–Kier alpha value is -13.3. The van der Waals surface area contributed by atoms with Crippen LogP contribution in [0.5, 0.6) is 0 Å². The fraction of sp³-hybridized carbons (Fsp3) is 0. The van der Waals surface area contributed by atoms with Gasteiger partial charge in [-0.2, -0.15) is 26.3 Å². The first kappa shape index (κ1) is 53.4. The predicted molar refractivity (Wildman–Crippen MR) is 356 cm³/mol. The lowest BCUT2D eigenvalue weighted by molar-refractivity contribution is 1.06. The molecule has 0 unspecified atom stereocenters. The van der Waals surface area contributed by atoms with Gasteiger partial charge in [-0.05, 0) is 165 Å². The van der Waals surface area contributed by atoms with Crippen molar-refractivity contribution >= 4 is 43.6 Å². The predicted octanol–water partition coefficient (Wildman–Crippen LogP) is 18.8. The third-order valence-electron chi connectivity index (χ3n) is 16.8. The van der Waals surface area contributed by atoms with E-state index < -0.39 is 0 Å². The lowest BCUT2D eigenvalue weighted by atomic mass is 9.96. The molecule has 10 heteroatoms. The number of para-hydroxylation sites is 1. The van der Waals surface area contributed by atoms with Crippen molar-refractivity contribution in [2.75, 3.05) is 0 Å². The SMILES string of the molecule is N#Cc1ccc(-c2ccc3c(c2)c2cc(-c4ccc(C#N)cc4)ccc2n3-c2ccc(-c3cccc(C#N)c3-n3c4ccc(-c5ccc(C#N)cc5)cc4c4cc(-c5ccc(C#N)cc5)ccc43)cc2-c2nc(-c3ccccc3)nc(-c3ccccc3)n2)cc1. The van der Waals surface area contributed by atoms with Crippen LogP contribution in [0.1, 0.15) is 27.8 Å². The van der Waals surface area contributed by atoms with Gasteiger partial charge < -0.3 is 9.13 Å². The Morgan fingerprint density at radius 1 is 0.244 bits per heavy atom. The standard InChI is InChI=1S/C80H44N10/c81-45-50-14-22-54(23-15-50)60-30-35-72-67(40-60)68-41-61(55-24-16-51(46-82)17-25-55)31-36-73(68)89(72)76-39-34-64(44-71(76)80-87-78(58-8-3-1-4-9-58)86-79(88-80)59-10-5-2-6-11-59)66-13-7-12-65(49-85)77(66)90-74-37-32-62(56-26-18-52(47-83)19-27-56)42-69(74)70-43-63(33-38-75(70)90)57-28-20-53(48-84)21-29-57/h1-44H. The van der Waals surface area contributed by atoms with Crippen LogP contribution in [0.15, 0.2) is 267 Å². The summed E-state index contributed by atoms with van der Waals surface area (Å²) in [7, 11) is 0. The molecule has 0 aliphatic heterocycles. The Kier molecular flexibility index (Phi) is 13.2. The summed E-state index contributed by atoms with van der Waals surface area (Å²) >= 11 is 0. The fourth-order valence-electron chi connectivity index (χ4n) is 12.3. The second-order valence-electron chi connectivity index (χ2n) is 21.9.